The second-order valence-electron chi connectivity index (χ2n) is 2.92. The molecule has 0 spiro atoms. The lowest BCUT2D eigenvalue weighted by Crippen LogP contribution is -2.35. The van der Waals surface area contributed by atoms with Crippen LogP contribution in [0.3, 0.4) is 0 Å². The van der Waals surface area contributed by atoms with E-state index in [1.807, 2.05) is 12.2 Å². The topological polar surface area (TPSA) is 46.5 Å². The summed E-state index contributed by atoms with van der Waals surface area (Å²) < 4.78 is 5.40. The van der Waals surface area contributed by atoms with E-state index in [0.29, 0.717) is 6.61 Å². The third-order valence-corrected chi connectivity index (χ3v) is 1.99. The normalized spacial score (nSPS) is 26.1. The highest BCUT2D eigenvalue weighted by Crippen LogP contribution is 2.23. The van der Waals surface area contributed by atoms with Gasteiger partial charge < -0.3 is 14.6 Å². The molecule has 13 heavy (non-hydrogen) atoms. The summed E-state index contributed by atoms with van der Waals surface area (Å²) >= 11 is 0. The van der Waals surface area contributed by atoms with Crippen molar-refractivity contribution in [3.05, 3.63) is 12.2 Å². The molecule has 3 heteroatoms. The van der Waals surface area contributed by atoms with Crippen LogP contribution in [0.5, 0.6) is 0 Å². The molecule has 1 heterocycles. The van der Waals surface area contributed by atoms with Crippen molar-refractivity contribution >= 4 is 6.29 Å². The molecule has 76 valence electrons. The van der Waals surface area contributed by atoms with E-state index in [1.54, 1.807) is 0 Å². The third-order valence-electron chi connectivity index (χ3n) is 1.99. The van der Waals surface area contributed by atoms with Gasteiger partial charge in [0.1, 0.15) is 5.60 Å². The van der Waals surface area contributed by atoms with Gasteiger partial charge in [0.2, 0.25) is 0 Å². The number of aliphatic hydroxyl groups excluding tert-OH is 1. The van der Waals surface area contributed by atoms with E-state index in [4.69, 9.17) is 9.84 Å². The molecule has 0 aromatic heterocycles. The molecule has 1 atom stereocenters. The van der Waals surface area contributed by atoms with Crippen LogP contribution in [0.15, 0.2) is 12.2 Å². The monoisotopic (exact) mass is 186 g/mol. The zero-order valence-corrected chi connectivity index (χ0v) is 8.32. The highest BCUT2D eigenvalue weighted by molar-refractivity contribution is 5.63. The lowest BCUT2D eigenvalue weighted by atomic mass is 9.94. The molecule has 0 bridgehead atoms. The van der Waals surface area contributed by atoms with Gasteiger partial charge in [-0.3, -0.25) is 0 Å². The summed E-state index contributed by atoms with van der Waals surface area (Å²) in [5.74, 6) is 0. The zero-order valence-electron chi connectivity index (χ0n) is 8.32. The molecule has 0 aliphatic carbocycles. The Labute approximate surface area is 79.4 Å². The van der Waals surface area contributed by atoms with E-state index in [-0.39, 0.29) is 0 Å². The molecule has 0 amide bonds. The summed E-state index contributed by atoms with van der Waals surface area (Å²) in [4.78, 5) is 10.7. The van der Waals surface area contributed by atoms with Gasteiger partial charge in [0.25, 0.3) is 0 Å². The first-order chi connectivity index (χ1) is 6.33. The van der Waals surface area contributed by atoms with E-state index in [1.165, 1.54) is 0 Å². The average Bonchev–Trinajstić information content (AvgIpc) is 2.23. The van der Waals surface area contributed by atoms with Crippen molar-refractivity contribution in [3.8, 4) is 0 Å². The average molecular weight is 186 g/mol. The molecule has 1 aliphatic heterocycles. The number of rotatable bonds is 3. The summed E-state index contributed by atoms with van der Waals surface area (Å²) in [6.07, 6.45) is 7.49. The first kappa shape index (κ1) is 12.3. The number of aldehydes is 1. The number of carbonyl (C=O) groups is 1. The molecular formula is C10H18O3. The fraction of sp³-hybridized carbons (Fsp3) is 0.700. The fourth-order valence-electron chi connectivity index (χ4n) is 1.36. The Kier molecular flexibility index (Phi) is 6.45. The maximum absolute atomic E-state index is 10.7. The van der Waals surface area contributed by atoms with Crippen LogP contribution in [0, 0.1) is 0 Å². The van der Waals surface area contributed by atoms with Crippen LogP contribution in [-0.4, -0.2) is 30.7 Å². The summed E-state index contributed by atoms with van der Waals surface area (Å²) in [5.41, 5.74) is -0.497. The van der Waals surface area contributed by atoms with Crippen molar-refractivity contribution in [3.63, 3.8) is 0 Å². The molecule has 3 nitrogen and oxygen atoms in total. The third kappa shape index (κ3) is 3.70. The van der Waals surface area contributed by atoms with Gasteiger partial charge in [-0.1, -0.05) is 25.5 Å². The van der Waals surface area contributed by atoms with E-state index >= 15 is 0 Å². The zero-order chi connectivity index (χ0) is 10.2. The second-order valence-corrected chi connectivity index (χ2v) is 2.92. The maximum Gasteiger partial charge on any atom is 0.152 e. The first-order valence-corrected chi connectivity index (χ1v) is 4.53. The van der Waals surface area contributed by atoms with E-state index < -0.39 is 5.60 Å². The summed E-state index contributed by atoms with van der Waals surface area (Å²) in [5, 5.41) is 7.00. The highest BCUT2D eigenvalue weighted by Gasteiger charge is 2.29. The van der Waals surface area contributed by atoms with Gasteiger partial charge in [0, 0.05) is 13.5 Å². The maximum atomic E-state index is 10.7. The van der Waals surface area contributed by atoms with Gasteiger partial charge in [-0.15, -0.1) is 0 Å². The lowest BCUT2D eigenvalue weighted by molar-refractivity contribution is -0.131. The SMILES string of the molecule is CCCC1(C=O)CC=CCO1.CO. The second kappa shape index (κ2) is 6.80. The van der Waals surface area contributed by atoms with Crippen LogP contribution >= 0.6 is 0 Å². The van der Waals surface area contributed by atoms with Crippen molar-refractivity contribution in [1.82, 2.24) is 0 Å². The molecule has 0 saturated heterocycles. The van der Waals surface area contributed by atoms with E-state index in [9.17, 15) is 4.79 Å². The molecule has 0 radical (unpaired) electrons. The van der Waals surface area contributed by atoms with Crippen LogP contribution < -0.4 is 0 Å². The minimum Gasteiger partial charge on any atom is -0.400 e. The minimum atomic E-state index is -0.497. The Balaban J connectivity index is 0.000000671. The Hall–Kier alpha value is -0.670. The standard InChI is InChI=1S/C9H14O2.CH4O/c1-2-5-9(8-10)6-3-4-7-11-9;1-2/h3-4,8H,2,5-7H2,1H3;2H,1H3. The van der Waals surface area contributed by atoms with Gasteiger partial charge >= 0.3 is 0 Å². The van der Waals surface area contributed by atoms with Crippen molar-refractivity contribution in [1.29, 1.82) is 0 Å². The summed E-state index contributed by atoms with van der Waals surface area (Å²) in [7, 11) is 1.00. The predicted molar refractivity (Wildman–Crippen MR) is 51.6 cm³/mol. The molecule has 1 unspecified atom stereocenters. The number of carbonyl (C=O) groups excluding carboxylic acids is 1. The molecule has 1 aliphatic rings. The van der Waals surface area contributed by atoms with Crippen LogP contribution in [0.4, 0.5) is 0 Å². The number of hydrogen-bond donors (Lipinski definition) is 1. The van der Waals surface area contributed by atoms with Crippen molar-refractivity contribution in [2.75, 3.05) is 13.7 Å². The van der Waals surface area contributed by atoms with Gasteiger partial charge in [-0.05, 0) is 6.42 Å². The molecule has 0 saturated carbocycles. The van der Waals surface area contributed by atoms with Gasteiger partial charge in [0.05, 0.1) is 6.61 Å². The van der Waals surface area contributed by atoms with Crippen LogP contribution in [0.1, 0.15) is 26.2 Å². The lowest BCUT2D eigenvalue weighted by Gasteiger charge is -2.28. The van der Waals surface area contributed by atoms with Crippen molar-refractivity contribution < 1.29 is 14.6 Å². The molecule has 0 aromatic carbocycles. The number of hydrogen-bond acceptors (Lipinski definition) is 3. The number of ether oxygens (including phenoxy) is 1. The van der Waals surface area contributed by atoms with Crippen LogP contribution in [0.2, 0.25) is 0 Å². The predicted octanol–water partition coefficient (Wildman–Crippen LogP) is 1.31. The molecule has 1 N–H and O–H groups in total. The Bertz CT molecular complexity index is 166. The smallest absolute Gasteiger partial charge is 0.152 e. The van der Waals surface area contributed by atoms with Crippen molar-refractivity contribution in [2.24, 2.45) is 0 Å². The van der Waals surface area contributed by atoms with Gasteiger partial charge in [-0.25, -0.2) is 0 Å². The number of aliphatic hydroxyl groups is 1. The Morgan fingerprint density at radius 3 is 2.62 bits per heavy atom. The molecular weight excluding hydrogens is 168 g/mol. The van der Waals surface area contributed by atoms with Gasteiger partial charge in [-0.2, -0.15) is 0 Å². The summed E-state index contributed by atoms with van der Waals surface area (Å²) in [6.45, 7) is 2.64. The van der Waals surface area contributed by atoms with E-state index in [0.717, 1.165) is 32.7 Å². The van der Waals surface area contributed by atoms with Gasteiger partial charge in [0.15, 0.2) is 6.29 Å². The Morgan fingerprint density at radius 1 is 1.54 bits per heavy atom. The van der Waals surface area contributed by atoms with Crippen LogP contribution in [-0.2, 0) is 9.53 Å². The van der Waals surface area contributed by atoms with Crippen molar-refractivity contribution in [2.45, 2.75) is 31.8 Å². The van der Waals surface area contributed by atoms with Crippen LogP contribution in [0.25, 0.3) is 0 Å². The largest absolute Gasteiger partial charge is 0.400 e. The molecule has 0 fully saturated rings. The summed E-state index contributed by atoms with van der Waals surface area (Å²) in [6, 6.07) is 0. The molecule has 1 rings (SSSR count). The highest BCUT2D eigenvalue weighted by atomic mass is 16.5. The minimum absolute atomic E-state index is 0.497. The van der Waals surface area contributed by atoms with E-state index in [2.05, 4.69) is 6.92 Å². The molecule has 0 aromatic rings. The Morgan fingerprint density at radius 2 is 2.23 bits per heavy atom. The fourth-order valence-corrected chi connectivity index (χ4v) is 1.36. The quantitative estimate of drug-likeness (QED) is 0.534. The first-order valence-electron chi connectivity index (χ1n) is 4.53.